The minimum Gasteiger partial charge on any atom is -0.466 e. The van der Waals surface area contributed by atoms with E-state index in [1.165, 1.54) is 12.8 Å². The third-order valence-electron chi connectivity index (χ3n) is 8.54. The zero-order chi connectivity index (χ0) is 33.3. The average Bonchev–Trinajstić information content (AvgIpc) is 3.69. The lowest BCUT2D eigenvalue weighted by atomic mass is 10.0. The van der Waals surface area contributed by atoms with E-state index in [-0.39, 0.29) is 12.4 Å². The lowest BCUT2D eigenvalue weighted by molar-refractivity contribution is -0.142. The fraction of sp³-hybridized carbons (Fsp3) is 0.205. The molecule has 0 atom stereocenters. The molecule has 0 aliphatic heterocycles. The molecule has 3 aromatic carbocycles. The number of H-pyrrole nitrogens is 2. The van der Waals surface area contributed by atoms with Gasteiger partial charge in [-0.25, -0.2) is 19.9 Å². The highest BCUT2D eigenvalue weighted by atomic mass is 16.5. The van der Waals surface area contributed by atoms with Crippen LogP contribution in [-0.4, -0.2) is 48.5 Å². The van der Waals surface area contributed by atoms with Gasteiger partial charge in [-0.1, -0.05) is 60.7 Å². The van der Waals surface area contributed by atoms with Gasteiger partial charge in [0.2, 0.25) is 0 Å². The quantitative estimate of drug-likeness (QED) is 0.104. The van der Waals surface area contributed by atoms with Crippen LogP contribution in [0.3, 0.4) is 0 Å². The van der Waals surface area contributed by atoms with Crippen LogP contribution in [0.15, 0.2) is 91.0 Å². The average molecular weight is 649 g/mol. The molecule has 0 saturated heterocycles. The molecule has 0 unspecified atom stereocenters. The number of carbonyl (C=O) groups is 1. The first-order valence-corrected chi connectivity index (χ1v) is 16.7. The van der Waals surface area contributed by atoms with Gasteiger partial charge >= 0.3 is 5.97 Å². The van der Waals surface area contributed by atoms with Crippen molar-refractivity contribution in [3.8, 4) is 22.8 Å². The van der Waals surface area contributed by atoms with E-state index in [4.69, 9.17) is 24.7 Å². The topological polar surface area (TPSA) is 134 Å². The smallest absolute Gasteiger partial charge is 0.311 e. The van der Waals surface area contributed by atoms with Gasteiger partial charge in [-0.2, -0.15) is 0 Å². The Hall–Kier alpha value is -6.03. The zero-order valence-corrected chi connectivity index (χ0v) is 27.4. The Kier molecular flexibility index (Phi) is 7.97. The largest absolute Gasteiger partial charge is 0.466 e. The van der Waals surface area contributed by atoms with Crippen LogP contribution in [0.2, 0.25) is 0 Å². The number of aromatic nitrogens is 6. The summed E-state index contributed by atoms with van der Waals surface area (Å²) < 4.78 is 5.17. The van der Waals surface area contributed by atoms with Crippen molar-refractivity contribution in [2.75, 3.05) is 17.2 Å². The number of fused-ring (bicyclic) bond motifs is 2. The van der Waals surface area contributed by atoms with Crippen molar-refractivity contribution in [2.24, 2.45) is 0 Å². The van der Waals surface area contributed by atoms with Crippen molar-refractivity contribution in [2.45, 2.75) is 45.6 Å². The number of ether oxygens (including phenoxy) is 1. The monoisotopic (exact) mass is 648 g/mol. The second-order valence-corrected chi connectivity index (χ2v) is 12.5. The van der Waals surface area contributed by atoms with Crippen LogP contribution < -0.4 is 10.6 Å². The summed E-state index contributed by atoms with van der Waals surface area (Å²) >= 11 is 0. The number of nitrogens with one attached hydrogen (secondary N) is 4. The minimum absolute atomic E-state index is 0.126. The fourth-order valence-electron chi connectivity index (χ4n) is 6.09. The third-order valence-corrected chi connectivity index (χ3v) is 8.54. The van der Waals surface area contributed by atoms with Crippen LogP contribution in [0.5, 0.6) is 0 Å². The van der Waals surface area contributed by atoms with E-state index >= 15 is 0 Å². The fourth-order valence-corrected chi connectivity index (χ4v) is 6.09. The molecule has 0 spiro atoms. The molecule has 0 amide bonds. The molecular formula is C39H36N8O2. The number of anilines is 3. The van der Waals surface area contributed by atoms with E-state index in [1.807, 2.05) is 55.5 Å². The van der Waals surface area contributed by atoms with Crippen molar-refractivity contribution < 1.29 is 9.53 Å². The molecule has 49 heavy (non-hydrogen) atoms. The lowest BCUT2D eigenvalue weighted by Gasteiger charge is -2.11. The minimum atomic E-state index is -0.293. The first kappa shape index (κ1) is 30.3. The lowest BCUT2D eigenvalue weighted by Crippen LogP contribution is -2.07. The molecule has 4 N–H and O–H groups in total. The van der Waals surface area contributed by atoms with Gasteiger partial charge in [0, 0.05) is 34.2 Å². The van der Waals surface area contributed by atoms with Gasteiger partial charge in [0.1, 0.15) is 22.9 Å². The predicted molar refractivity (Wildman–Crippen MR) is 193 cm³/mol. The predicted octanol–water partition coefficient (Wildman–Crippen LogP) is 7.89. The normalized spacial score (nSPS) is 12.8. The molecule has 0 bridgehead atoms. The Balaban J connectivity index is 1.08. The summed E-state index contributed by atoms with van der Waals surface area (Å²) in [7, 11) is 0. The molecule has 1 fully saturated rings. The highest BCUT2D eigenvalue weighted by Crippen LogP contribution is 2.32. The van der Waals surface area contributed by atoms with E-state index in [9.17, 15) is 4.79 Å². The summed E-state index contributed by atoms with van der Waals surface area (Å²) in [6.07, 6.45) is 3.20. The molecule has 8 rings (SSSR count). The molecule has 244 valence electrons. The Bertz CT molecular complexity index is 2310. The summed E-state index contributed by atoms with van der Waals surface area (Å²) in [6, 6.07) is 31.1. The summed E-state index contributed by atoms with van der Waals surface area (Å²) in [5.41, 5.74) is 8.34. The molecule has 0 radical (unpaired) electrons. The number of carbonyl (C=O) groups excluding carboxylic acids is 1. The van der Waals surface area contributed by atoms with Crippen LogP contribution >= 0.6 is 0 Å². The van der Waals surface area contributed by atoms with Crippen molar-refractivity contribution in [3.63, 3.8) is 0 Å². The van der Waals surface area contributed by atoms with E-state index in [2.05, 4.69) is 63.1 Å². The Morgan fingerprint density at radius 3 is 2.27 bits per heavy atom. The number of rotatable bonds is 11. The molecule has 1 aliphatic carbocycles. The maximum atomic E-state index is 12.2. The van der Waals surface area contributed by atoms with E-state index in [0.717, 1.165) is 68.0 Å². The number of hydrogen-bond donors (Lipinski definition) is 4. The van der Waals surface area contributed by atoms with Gasteiger partial charge in [-0.15, -0.1) is 0 Å². The van der Waals surface area contributed by atoms with Crippen LogP contribution in [0.25, 0.3) is 44.8 Å². The van der Waals surface area contributed by atoms with E-state index < -0.39 is 0 Å². The number of aromatic amines is 2. The molecule has 1 aliphatic rings. The Morgan fingerprint density at radius 1 is 0.776 bits per heavy atom. The standard InChI is InChI=1S/C39H36N8O2/c1-3-49-33(48)22-30-21-32-38(44-34(45-39(32)43-30)26-11-5-4-6-12-26)42-29-14-8-10-25(20-29)18-24-9-7-13-27(19-24)35-46-36-31(17-23(2)40-36)37(47-35)41-28-15-16-28/h4-14,17,19-21,28H,3,15-16,18,22H2,1-2H3,(H2,40,41,46,47)(H2,42,43,44,45). The maximum Gasteiger partial charge on any atom is 0.311 e. The van der Waals surface area contributed by atoms with E-state index in [0.29, 0.717) is 35.8 Å². The molecule has 1 saturated carbocycles. The van der Waals surface area contributed by atoms with Crippen LogP contribution in [-0.2, 0) is 22.4 Å². The van der Waals surface area contributed by atoms with Crippen LogP contribution in [0.1, 0.15) is 42.3 Å². The number of hydrogen-bond acceptors (Lipinski definition) is 8. The molecule has 10 nitrogen and oxygen atoms in total. The van der Waals surface area contributed by atoms with E-state index in [1.54, 1.807) is 6.92 Å². The maximum absolute atomic E-state index is 12.2. The second-order valence-electron chi connectivity index (χ2n) is 12.5. The van der Waals surface area contributed by atoms with Gasteiger partial charge in [0.25, 0.3) is 0 Å². The SMILES string of the molecule is CCOC(=O)Cc1cc2c(Nc3cccc(Cc4cccc(-c5nc(NC6CC6)c6cc(C)[nH]c6n5)c4)c3)nc(-c3ccccc3)nc2[nH]1. The van der Waals surface area contributed by atoms with Gasteiger partial charge in [0.15, 0.2) is 11.6 Å². The van der Waals surface area contributed by atoms with Gasteiger partial charge in [-0.3, -0.25) is 4.79 Å². The number of esters is 1. The van der Waals surface area contributed by atoms with Crippen molar-refractivity contribution >= 4 is 45.4 Å². The molecule has 7 aromatic rings. The first-order chi connectivity index (χ1) is 24.0. The number of benzene rings is 3. The number of nitrogens with zero attached hydrogens (tertiary/aromatic N) is 4. The summed E-state index contributed by atoms with van der Waals surface area (Å²) in [6.45, 7) is 4.18. The van der Waals surface area contributed by atoms with Gasteiger partial charge in [0.05, 0.1) is 23.8 Å². The number of aryl methyl sites for hydroxylation is 1. The molecule has 4 aromatic heterocycles. The summed E-state index contributed by atoms with van der Waals surface area (Å²) in [5, 5.41) is 8.95. The Morgan fingerprint density at radius 2 is 1.47 bits per heavy atom. The second kappa shape index (κ2) is 12.9. The zero-order valence-electron chi connectivity index (χ0n) is 27.4. The highest BCUT2D eigenvalue weighted by Gasteiger charge is 2.23. The summed E-state index contributed by atoms with van der Waals surface area (Å²) in [4.78, 5) is 38.5. The van der Waals surface area contributed by atoms with Gasteiger partial charge < -0.3 is 25.3 Å². The van der Waals surface area contributed by atoms with Gasteiger partial charge in [-0.05, 0) is 74.6 Å². The molecular weight excluding hydrogens is 612 g/mol. The van der Waals surface area contributed by atoms with Crippen LogP contribution in [0.4, 0.5) is 17.3 Å². The van der Waals surface area contributed by atoms with Crippen molar-refractivity contribution in [1.29, 1.82) is 0 Å². The Labute approximate surface area is 283 Å². The van der Waals surface area contributed by atoms with Crippen molar-refractivity contribution in [1.82, 2.24) is 29.9 Å². The van der Waals surface area contributed by atoms with Crippen LogP contribution in [0, 0.1) is 6.92 Å². The molecule has 10 heteroatoms. The molecule has 4 heterocycles. The first-order valence-electron chi connectivity index (χ1n) is 16.7. The summed E-state index contributed by atoms with van der Waals surface area (Å²) in [5.74, 6) is 2.53. The third kappa shape index (κ3) is 6.71. The van der Waals surface area contributed by atoms with Crippen molar-refractivity contribution in [3.05, 3.63) is 114 Å². The highest BCUT2D eigenvalue weighted by molar-refractivity contribution is 5.92.